The predicted octanol–water partition coefficient (Wildman–Crippen LogP) is 4.55. The first kappa shape index (κ1) is 18.2. The van der Waals surface area contributed by atoms with Gasteiger partial charge in [0, 0.05) is 9.49 Å². The number of ether oxygens (including phenoxy) is 1. The van der Waals surface area contributed by atoms with Gasteiger partial charge in [0.2, 0.25) is 5.82 Å². The Morgan fingerprint density at radius 3 is 2.64 bits per heavy atom. The van der Waals surface area contributed by atoms with Gasteiger partial charge in [-0.25, -0.2) is 4.39 Å². The number of anilines is 1. The van der Waals surface area contributed by atoms with Gasteiger partial charge in [0.25, 0.3) is 5.91 Å². The molecule has 1 fully saturated rings. The maximum Gasteiger partial charge on any atom is 0.252 e. The highest BCUT2D eigenvalue weighted by Crippen LogP contribution is 2.38. The van der Waals surface area contributed by atoms with Gasteiger partial charge in [-0.05, 0) is 65.8 Å². The first-order valence-corrected chi connectivity index (χ1v) is 8.98. The summed E-state index contributed by atoms with van der Waals surface area (Å²) in [5.41, 5.74) is 5.64. The monoisotopic (exact) mass is 478 g/mol. The molecule has 3 N–H and O–H groups in total. The van der Waals surface area contributed by atoms with Crippen molar-refractivity contribution in [2.75, 3.05) is 5.32 Å². The lowest BCUT2D eigenvalue weighted by molar-refractivity contribution is 0.0990. The number of benzene rings is 2. The molecule has 132 valence electrons. The molecule has 1 unspecified atom stereocenters. The number of amides is 1. The number of hydrogen-bond donors (Lipinski definition) is 2. The van der Waals surface area contributed by atoms with Gasteiger partial charge >= 0.3 is 0 Å². The van der Waals surface area contributed by atoms with Gasteiger partial charge in [-0.15, -0.1) is 0 Å². The van der Waals surface area contributed by atoms with E-state index in [0.717, 1.165) is 28.5 Å². The Bertz CT molecular complexity index is 831. The summed E-state index contributed by atoms with van der Waals surface area (Å²) in [6.45, 7) is 0. The summed E-state index contributed by atoms with van der Waals surface area (Å²) in [4.78, 5) is 11.5. The van der Waals surface area contributed by atoms with E-state index in [2.05, 4.69) is 27.9 Å². The van der Waals surface area contributed by atoms with Crippen LogP contribution in [0.25, 0.3) is 0 Å². The average Bonchev–Trinajstić information content (AvgIpc) is 3.37. The second-order valence-electron chi connectivity index (χ2n) is 5.75. The molecule has 0 spiro atoms. The topological polar surface area (TPSA) is 64.4 Å². The highest BCUT2D eigenvalue weighted by Gasteiger charge is 2.35. The van der Waals surface area contributed by atoms with Crippen molar-refractivity contribution in [3.63, 3.8) is 0 Å². The van der Waals surface area contributed by atoms with Crippen LogP contribution in [0.15, 0.2) is 30.3 Å². The lowest BCUT2D eigenvalue weighted by atomic mass is 10.1. The summed E-state index contributed by atoms with van der Waals surface area (Å²) in [5.74, 6) is -3.63. The molecule has 0 saturated heterocycles. The Morgan fingerprint density at radius 1 is 1.32 bits per heavy atom. The Hall–Kier alpha value is -1.61. The van der Waals surface area contributed by atoms with Crippen molar-refractivity contribution in [3.05, 3.63) is 56.1 Å². The summed E-state index contributed by atoms with van der Waals surface area (Å²) >= 11 is 8.34. The van der Waals surface area contributed by atoms with Gasteiger partial charge in [0.15, 0.2) is 17.8 Å². The van der Waals surface area contributed by atoms with E-state index in [-0.39, 0.29) is 11.5 Å². The van der Waals surface area contributed by atoms with Gasteiger partial charge in [-0.1, -0.05) is 11.6 Å². The third-order valence-corrected chi connectivity index (χ3v) is 4.82. The van der Waals surface area contributed by atoms with Crippen LogP contribution in [-0.4, -0.2) is 12.1 Å². The largest absolute Gasteiger partial charge is 0.466 e. The molecular formula is C17H14ClF2IN2O2. The molecule has 3 rings (SSSR count). The van der Waals surface area contributed by atoms with E-state index in [0.29, 0.717) is 10.7 Å². The van der Waals surface area contributed by atoms with Crippen molar-refractivity contribution in [1.82, 2.24) is 0 Å². The summed E-state index contributed by atoms with van der Waals surface area (Å²) in [7, 11) is 0. The van der Waals surface area contributed by atoms with Gasteiger partial charge in [-0.2, -0.15) is 4.39 Å². The number of carbonyl (C=O) groups is 1. The summed E-state index contributed by atoms with van der Waals surface area (Å²) in [6, 6.07) is 7.36. The second-order valence-corrected chi connectivity index (χ2v) is 7.40. The van der Waals surface area contributed by atoms with Crippen LogP contribution in [0.5, 0.6) is 5.75 Å². The van der Waals surface area contributed by atoms with Crippen molar-refractivity contribution < 1.29 is 18.3 Å². The predicted molar refractivity (Wildman–Crippen MR) is 99.8 cm³/mol. The molecule has 0 aliphatic heterocycles. The Labute approximate surface area is 161 Å². The van der Waals surface area contributed by atoms with Crippen LogP contribution in [0.1, 0.15) is 23.2 Å². The van der Waals surface area contributed by atoms with E-state index in [1.165, 1.54) is 0 Å². The summed E-state index contributed by atoms with van der Waals surface area (Å²) in [5, 5.41) is 3.58. The normalized spacial score (nSPS) is 14.9. The molecule has 0 aromatic heterocycles. The fourth-order valence-corrected chi connectivity index (χ4v) is 3.28. The Morgan fingerprint density at radius 2 is 2.04 bits per heavy atom. The molecule has 4 nitrogen and oxygen atoms in total. The van der Waals surface area contributed by atoms with Crippen LogP contribution in [0.4, 0.5) is 14.5 Å². The third-order valence-electron chi connectivity index (χ3n) is 3.84. The van der Waals surface area contributed by atoms with E-state index in [1.54, 1.807) is 12.1 Å². The van der Waals surface area contributed by atoms with Crippen molar-refractivity contribution in [1.29, 1.82) is 0 Å². The minimum atomic E-state index is -1.24. The zero-order chi connectivity index (χ0) is 18.1. The first-order chi connectivity index (χ1) is 11.9. The lowest BCUT2D eigenvalue weighted by Crippen LogP contribution is -2.30. The number of nitrogens with two attached hydrogens (primary N) is 1. The highest BCUT2D eigenvalue weighted by molar-refractivity contribution is 14.1. The summed E-state index contributed by atoms with van der Waals surface area (Å²) in [6.07, 6.45) is 1.07. The van der Waals surface area contributed by atoms with Gasteiger partial charge < -0.3 is 15.8 Å². The first-order valence-electron chi connectivity index (χ1n) is 7.53. The van der Waals surface area contributed by atoms with Crippen LogP contribution in [0.3, 0.4) is 0 Å². The van der Waals surface area contributed by atoms with Crippen molar-refractivity contribution in [2.45, 2.75) is 19.1 Å². The van der Waals surface area contributed by atoms with E-state index in [4.69, 9.17) is 22.1 Å². The molecule has 8 heteroatoms. The maximum absolute atomic E-state index is 14.2. The molecule has 1 saturated carbocycles. The van der Waals surface area contributed by atoms with Crippen LogP contribution in [0.2, 0.25) is 5.02 Å². The molecular weight excluding hydrogens is 465 g/mol. The molecule has 0 radical (unpaired) electrons. The van der Waals surface area contributed by atoms with E-state index in [9.17, 15) is 13.6 Å². The molecule has 0 bridgehead atoms. The van der Waals surface area contributed by atoms with E-state index >= 15 is 0 Å². The van der Waals surface area contributed by atoms with Gasteiger partial charge in [0.05, 0.1) is 16.3 Å². The Balaban J connectivity index is 1.91. The van der Waals surface area contributed by atoms with E-state index in [1.807, 2.05) is 6.07 Å². The van der Waals surface area contributed by atoms with Crippen molar-refractivity contribution >= 4 is 45.8 Å². The van der Waals surface area contributed by atoms with Crippen LogP contribution in [-0.2, 0) is 0 Å². The van der Waals surface area contributed by atoms with Crippen molar-refractivity contribution in [2.24, 2.45) is 11.7 Å². The molecule has 25 heavy (non-hydrogen) atoms. The number of primary amides is 1. The van der Waals surface area contributed by atoms with E-state index < -0.39 is 29.5 Å². The molecule has 2 aromatic carbocycles. The maximum atomic E-state index is 14.2. The smallest absolute Gasteiger partial charge is 0.252 e. The zero-order valence-corrected chi connectivity index (χ0v) is 15.8. The minimum Gasteiger partial charge on any atom is -0.466 e. The third kappa shape index (κ3) is 4.14. The number of halogens is 4. The number of nitrogens with one attached hydrogen (secondary N) is 1. The highest BCUT2D eigenvalue weighted by atomic mass is 127. The molecule has 1 amide bonds. The second kappa shape index (κ2) is 7.33. The minimum absolute atomic E-state index is 0.0961. The van der Waals surface area contributed by atoms with Crippen molar-refractivity contribution in [3.8, 4) is 5.75 Å². The Kier molecular flexibility index (Phi) is 5.33. The SMILES string of the molecule is NC(=O)c1ccc(F)c(F)c1OC(Nc1ccc(I)cc1Cl)C1CC1. The molecule has 2 aromatic rings. The lowest BCUT2D eigenvalue weighted by Gasteiger charge is -2.23. The fourth-order valence-electron chi connectivity index (χ4n) is 2.37. The number of hydrogen-bond acceptors (Lipinski definition) is 3. The average molecular weight is 479 g/mol. The van der Waals surface area contributed by atoms with Gasteiger partial charge in [-0.3, -0.25) is 4.79 Å². The van der Waals surface area contributed by atoms with Gasteiger partial charge in [0.1, 0.15) is 0 Å². The molecule has 0 heterocycles. The standard InChI is InChI=1S/C17H14ClF2IN2O2/c18-11-7-9(21)3-6-13(11)23-17(8-1-2-8)25-15-10(16(22)24)4-5-12(19)14(15)20/h3-8,17,23H,1-2H2,(H2,22,24). The zero-order valence-electron chi connectivity index (χ0n) is 12.9. The molecule has 1 atom stereocenters. The summed E-state index contributed by atoms with van der Waals surface area (Å²) < 4.78 is 34.4. The quantitative estimate of drug-likeness (QED) is 0.473. The molecule has 1 aliphatic carbocycles. The number of carbonyl (C=O) groups excluding carboxylic acids is 1. The molecule has 1 aliphatic rings. The fraction of sp³-hybridized carbons (Fsp3) is 0.235. The number of rotatable bonds is 6. The van der Waals surface area contributed by atoms with Crippen LogP contribution < -0.4 is 15.8 Å². The van der Waals surface area contributed by atoms with Crippen LogP contribution >= 0.6 is 34.2 Å². The van der Waals surface area contributed by atoms with Crippen LogP contribution in [0, 0.1) is 21.1 Å².